The Morgan fingerprint density at radius 2 is 2.17 bits per heavy atom. The lowest BCUT2D eigenvalue weighted by molar-refractivity contribution is 0.718. The van der Waals surface area contributed by atoms with Crippen LogP contribution in [0.2, 0.25) is 0 Å². The highest BCUT2D eigenvalue weighted by molar-refractivity contribution is 5.47. The molecule has 0 amide bonds. The maximum Gasteiger partial charge on any atom is -0.0267 e. The molecule has 66 valence electrons. The summed E-state index contributed by atoms with van der Waals surface area (Å²) < 4.78 is 0. The van der Waals surface area contributed by atoms with E-state index in [1.165, 1.54) is 36.8 Å². The van der Waals surface area contributed by atoms with Crippen molar-refractivity contribution < 1.29 is 0 Å². The molecule has 0 spiro atoms. The first kappa shape index (κ1) is 9.31. The molecule has 1 rings (SSSR count). The molecule has 0 saturated carbocycles. The molecule has 0 unspecified atom stereocenters. The van der Waals surface area contributed by atoms with Crippen LogP contribution in [0, 0.1) is 0 Å². The summed E-state index contributed by atoms with van der Waals surface area (Å²) >= 11 is 0. The van der Waals surface area contributed by atoms with E-state index in [9.17, 15) is 0 Å². The summed E-state index contributed by atoms with van der Waals surface area (Å²) in [6, 6.07) is 0. The predicted octanol–water partition coefficient (Wildman–Crippen LogP) is 4.01. The molecule has 0 aromatic carbocycles. The van der Waals surface area contributed by atoms with Gasteiger partial charge in [-0.25, -0.2) is 0 Å². The molecule has 0 aromatic heterocycles. The zero-order chi connectivity index (χ0) is 8.81. The van der Waals surface area contributed by atoms with E-state index < -0.39 is 0 Å². The molecular weight excluding hydrogens is 144 g/mol. The minimum Gasteiger partial charge on any atom is -0.0801 e. The van der Waals surface area contributed by atoms with Gasteiger partial charge in [-0.15, -0.1) is 0 Å². The van der Waals surface area contributed by atoms with Crippen LogP contribution >= 0.6 is 0 Å². The Morgan fingerprint density at radius 3 is 2.83 bits per heavy atom. The van der Waals surface area contributed by atoms with Crippen molar-refractivity contribution >= 4 is 0 Å². The van der Waals surface area contributed by atoms with Crippen LogP contribution in [0.4, 0.5) is 0 Å². The number of hydrogen-bond acceptors (Lipinski definition) is 0. The highest BCUT2D eigenvalue weighted by Gasteiger charge is 2.03. The van der Waals surface area contributed by atoms with Gasteiger partial charge in [-0.2, -0.15) is 0 Å². The zero-order valence-corrected chi connectivity index (χ0v) is 8.14. The van der Waals surface area contributed by atoms with E-state index in [1.54, 1.807) is 0 Å². The van der Waals surface area contributed by atoms with Crippen LogP contribution in [0.5, 0.6) is 0 Å². The molecule has 0 bridgehead atoms. The van der Waals surface area contributed by atoms with Crippen LogP contribution in [0.25, 0.3) is 0 Å². The molecule has 0 heteroatoms. The van der Waals surface area contributed by atoms with Gasteiger partial charge in [-0.1, -0.05) is 44.1 Å². The molecule has 0 atom stereocenters. The molecule has 0 N–H and O–H groups in total. The molecule has 0 saturated heterocycles. The lowest BCUT2D eigenvalue weighted by Crippen LogP contribution is -1.83. The molecule has 0 radical (unpaired) electrons. The van der Waals surface area contributed by atoms with Gasteiger partial charge in [-0.3, -0.25) is 0 Å². The Bertz CT molecular complexity index is 216. The fraction of sp³-hybridized carbons (Fsp3) is 0.500. The quantitative estimate of drug-likeness (QED) is 0.548. The second-order valence-electron chi connectivity index (χ2n) is 3.25. The zero-order valence-electron chi connectivity index (χ0n) is 8.14. The Kier molecular flexibility index (Phi) is 3.86. The van der Waals surface area contributed by atoms with Crippen LogP contribution in [0.1, 0.15) is 39.5 Å². The van der Waals surface area contributed by atoms with E-state index in [4.69, 9.17) is 0 Å². The highest BCUT2D eigenvalue weighted by Crippen LogP contribution is 2.23. The van der Waals surface area contributed by atoms with E-state index in [1.807, 2.05) is 0 Å². The molecule has 1 aliphatic carbocycles. The predicted molar refractivity (Wildman–Crippen MR) is 55.1 cm³/mol. The first-order chi connectivity index (χ1) is 5.88. The van der Waals surface area contributed by atoms with Crippen molar-refractivity contribution in [3.63, 3.8) is 0 Å². The molecule has 12 heavy (non-hydrogen) atoms. The fourth-order valence-electron chi connectivity index (χ4n) is 1.55. The van der Waals surface area contributed by atoms with Gasteiger partial charge in [0.15, 0.2) is 0 Å². The Morgan fingerprint density at radius 1 is 1.33 bits per heavy atom. The van der Waals surface area contributed by atoms with E-state index >= 15 is 0 Å². The summed E-state index contributed by atoms with van der Waals surface area (Å²) in [5, 5.41) is 0. The fourth-order valence-corrected chi connectivity index (χ4v) is 1.55. The summed E-state index contributed by atoms with van der Waals surface area (Å²) in [5.74, 6) is 0. The van der Waals surface area contributed by atoms with E-state index in [2.05, 4.69) is 38.2 Å². The van der Waals surface area contributed by atoms with Crippen molar-refractivity contribution in [1.29, 1.82) is 0 Å². The average molecular weight is 162 g/mol. The second-order valence-corrected chi connectivity index (χ2v) is 3.25. The molecular formula is C12H18. The molecule has 0 aliphatic heterocycles. The maximum atomic E-state index is 2.25. The molecule has 1 aliphatic rings. The smallest absolute Gasteiger partial charge is 0.0267 e. The topological polar surface area (TPSA) is 0 Å². The summed E-state index contributed by atoms with van der Waals surface area (Å²) in [4.78, 5) is 0. The third-order valence-electron chi connectivity index (χ3n) is 2.30. The van der Waals surface area contributed by atoms with E-state index in [-0.39, 0.29) is 0 Å². The van der Waals surface area contributed by atoms with Gasteiger partial charge in [0.05, 0.1) is 0 Å². The van der Waals surface area contributed by atoms with Gasteiger partial charge in [0, 0.05) is 0 Å². The molecule has 0 nitrogen and oxygen atoms in total. The lowest BCUT2D eigenvalue weighted by atomic mass is 10.0. The van der Waals surface area contributed by atoms with Crippen LogP contribution in [0.15, 0.2) is 35.5 Å². The SMILES string of the molecule is CC=C1C=CC=C1CCCCC. The first-order valence-corrected chi connectivity index (χ1v) is 4.92. The van der Waals surface area contributed by atoms with Crippen LogP contribution in [-0.2, 0) is 0 Å². The van der Waals surface area contributed by atoms with Gasteiger partial charge in [0.1, 0.15) is 0 Å². The maximum absolute atomic E-state index is 2.25. The van der Waals surface area contributed by atoms with E-state index in [0.29, 0.717) is 0 Å². The normalized spacial score (nSPS) is 18.8. The average Bonchev–Trinajstić information content (AvgIpc) is 2.52. The highest BCUT2D eigenvalue weighted by atomic mass is 14.1. The third-order valence-corrected chi connectivity index (χ3v) is 2.30. The Balaban J connectivity index is 2.34. The largest absolute Gasteiger partial charge is 0.0801 e. The molecule has 0 fully saturated rings. The number of hydrogen-bond donors (Lipinski definition) is 0. The monoisotopic (exact) mass is 162 g/mol. The number of unbranched alkanes of at least 4 members (excludes halogenated alkanes) is 2. The summed E-state index contributed by atoms with van der Waals surface area (Å²) in [6.45, 7) is 4.36. The van der Waals surface area contributed by atoms with Crippen LogP contribution in [-0.4, -0.2) is 0 Å². The van der Waals surface area contributed by atoms with Crippen molar-refractivity contribution in [2.45, 2.75) is 39.5 Å². The van der Waals surface area contributed by atoms with Crippen LogP contribution < -0.4 is 0 Å². The standard InChI is InChI=1S/C12H18/c1-3-5-6-8-12-10-7-9-11(12)4-2/h4,7,9-10H,3,5-6,8H2,1-2H3. The second kappa shape index (κ2) is 4.97. The molecule has 0 aromatic rings. The molecule has 0 heterocycles. The van der Waals surface area contributed by atoms with Crippen LogP contribution in [0.3, 0.4) is 0 Å². The number of rotatable bonds is 4. The van der Waals surface area contributed by atoms with Crippen molar-refractivity contribution in [2.24, 2.45) is 0 Å². The first-order valence-electron chi connectivity index (χ1n) is 4.92. The van der Waals surface area contributed by atoms with Crippen molar-refractivity contribution in [2.75, 3.05) is 0 Å². The van der Waals surface area contributed by atoms with Crippen molar-refractivity contribution in [1.82, 2.24) is 0 Å². The third kappa shape index (κ3) is 2.37. The van der Waals surface area contributed by atoms with E-state index in [0.717, 1.165) is 0 Å². The van der Waals surface area contributed by atoms with Gasteiger partial charge in [-0.05, 0) is 30.9 Å². The van der Waals surface area contributed by atoms with Crippen molar-refractivity contribution in [3.8, 4) is 0 Å². The Hall–Kier alpha value is -0.780. The minimum atomic E-state index is 1.25. The van der Waals surface area contributed by atoms with Gasteiger partial charge >= 0.3 is 0 Å². The summed E-state index contributed by atoms with van der Waals surface area (Å²) in [7, 11) is 0. The van der Waals surface area contributed by atoms with Gasteiger partial charge in [0.25, 0.3) is 0 Å². The van der Waals surface area contributed by atoms with Crippen molar-refractivity contribution in [3.05, 3.63) is 35.5 Å². The lowest BCUT2D eigenvalue weighted by Gasteiger charge is -2.03. The Labute approximate surface area is 75.7 Å². The summed E-state index contributed by atoms with van der Waals surface area (Å²) in [5.41, 5.74) is 2.94. The number of allylic oxidation sites excluding steroid dienone is 6. The van der Waals surface area contributed by atoms with Gasteiger partial charge < -0.3 is 0 Å². The minimum absolute atomic E-state index is 1.25. The van der Waals surface area contributed by atoms with Gasteiger partial charge in [0.2, 0.25) is 0 Å². The summed E-state index contributed by atoms with van der Waals surface area (Å²) in [6.07, 6.45) is 14.0.